The number of halogens is 1. The second-order valence-corrected chi connectivity index (χ2v) is 4.15. The predicted molar refractivity (Wildman–Crippen MR) is 66.8 cm³/mol. The minimum absolute atomic E-state index is 0.119. The molecule has 1 N–H and O–H groups in total. The van der Waals surface area contributed by atoms with E-state index in [9.17, 15) is 4.79 Å². The molecule has 1 amide bonds. The average Bonchev–Trinajstić information content (AvgIpc) is 2.53. The summed E-state index contributed by atoms with van der Waals surface area (Å²) in [5, 5.41) is 2.79. The second-order valence-electron chi connectivity index (χ2n) is 3.77. The molecular formula is C12H18ClNO3. The first-order valence-electron chi connectivity index (χ1n) is 5.56. The summed E-state index contributed by atoms with van der Waals surface area (Å²) in [5.41, 5.74) is 1.52. The molecule has 1 aromatic heterocycles. The standard InChI is InChI=1S/C12H18ClNO3/c1-8-9(2)17-10(3)11(8)12(15)14-5-7-16-6-4-13/h4-7H2,1-3H3,(H,14,15). The van der Waals surface area contributed by atoms with E-state index in [0.717, 1.165) is 11.3 Å². The number of carbonyl (C=O) groups is 1. The highest BCUT2D eigenvalue weighted by molar-refractivity contribution is 6.17. The van der Waals surface area contributed by atoms with Crippen LogP contribution in [0.3, 0.4) is 0 Å². The summed E-state index contributed by atoms with van der Waals surface area (Å²) >= 11 is 5.46. The smallest absolute Gasteiger partial charge is 0.255 e. The zero-order valence-electron chi connectivity index (χ0n) is 10.4. The molecule has 0 saturated heterocycles. The molecule has 96 valence electrons. The number of ether oxygens (including phenoxy) is 1. The molecule has 1 rings (SSSR count). The molecule has 4 nitrogen and oxygen atoms in total. The van der Waals surface area contributed by atoms with Gasteiger partial charge in [0.05, 0.1) is 18.8 Å². The molecule has 0 aromatic carbocycles. The van der Waals surface area contributed by atoms with Gasteiger partial charge in [-0.3, -0.25) is 4.79 Å². The predicted octanol–water partition coefficient (Wildman–Crippen LogP) is 2.19. The zero-order chi connectivity index (χ0) is 12.8. The molecule has 0 bridgehead atoms. The van der Waals surface area contributed by atoms with Gasteiger partial charge < -0.3 is 14.5 Å². The summed E-state index contributed by atoms with van der Waals surface area (Å²) in [7, 11) is 0. The van der Waals surface area contributed by atoms with E-state index in [2.05, 4.69) is 5.32 Å². The van der Waals surface area contributed by atoms with Crippen LogP contribution >= 0.6 is 11.6 Å². The maximum absolute atomic E-state index is 11.9. The summed E-state index contributed by atoms with van der Waals surface area (Å²) in [6.45, 7) is 6.96. The third-order valence-corrected chi connectivity index (χ3v) is 2.70. The van der Waals surface area contributed by atoms with Crippen LogP contribution in [0.2, 0.25) is 0 Å². The van der Waals surface area contributed by atoms with E-state index in [1.807, 2.05) is 13.8 Å². The number of amides is 1. The Bertz CT molecular complexity index is 387. The molecular weight excluding hydrogens is 242 g/mol. The van der Waals surface area contributed by atoms with E-state index >= 15 is 0 Å². The van der Waals surface area contributed by atoms with Gasteiger partial charge in [0.25, 0.3) is 5.91 Å². The number of nitrogens with one attached hydrogen (secondary N) is 1. The molecule has 0 aliphatic carbocycles. The van der Waals surface area contributed by atoms with Gasteiger partial charge in [-0.15, -0.1) is 11.6 Å². The Labute approximate surface area is 106 Å². The van der Waals surface area contributed by atoms with E-state index in [1.165, 1.54) is 0 Å². The van der Waals surface area contributed by atoms with Crippen molar-refractivity contribution < 1.29 is 13.9 Å². The lowest BCUT2D eigenvalue weighted by molar-refractivity contribution is 0.0921. The van der Waals surface area contributed by atoms with E-state index < -0.39 is 0 Å². The average molecular weight is 260 g/mol. The highest BCUT2D eigenvalue weighted by Gasteiger charge is 2.17. The van der Waals surface area contributed by atoms with E-state index in [-0.39, 0.29) is 5.91 Å². The van der Waals surface area contributed by atoms with Crippen LogP contribution in [0, 0.1) is 20.8 Å². The molecule has 0 fully saturated rings. The Morgan fingerprint density at radius 1 is 1.29 bits per heavy atom. The third kappa shape index (κ3) is 3.75. The van der Waals surface area contributed by atoms with E-state index in [0.29, 0.717) is 37.0 Å². The lowest BCUT2D eigenvalue weighted by Crippen LogP contribution is -2.28. The maximum atomic E-state index is 11.9. The number of hydrogen-bond donors (Lipinski definition) is 1. The molecule has 17 heavy (non-hydrogen) atoms. The van der Waals surface area contributed by atoms with Crippen LogP contribution in [-0.2, 0) is 4.74 Å². The van der Waals surface area contributed by atoms with Crippen molar-refractivity contribution in [2.75, 3.05) is 25.6 Å². The topological polar surface area (TPSA) is 51.5 Å². The molecule has 0 spiro atoms. The van der Waals surface area contributed by atoms with Crippen molar-refractivity contribution in [1.82, 2.24) is 5.32 Å². The third-order valence-electron chi connectivity index (χ3n) is 2.54. The van der Waals surface area contributed by atoms with Crippen molar-refractivity contribution >= 4 is 17.5 Å². The minimum Gasteiger partial charge on any atom is -0.466 e. The van der Waals surface area contributed by atoms with Crippen LogP contribution in [0.4, 0.5) is 0 Å². The van der Waals surface area contributed by atoms with Crippen molar-refractivity contribution in [1.29, 1.82) is 0 Å². The maximum Gasteiger partial charge on any atom is 0.255 e. The number of alkyl halides is 1. The molecule has 0 atom stereocenters. The quantitative estimate of drug-likeness (QED) is 0.629. The van der Waals surface area contributed by atoms with Gasteiger partial charge in [0.1, 0.15) is 11.5 Å². The highest BCUT2D eigenvalue weighted by atomic mass is 35.5. The first kappa shape index (κ1) is 14.1. The van der Waals surface area contributed by atoms with Gasteiger partial charge in [-0.2, -0.15) is 0 Å². The van der Waals surface area contributed by atoms with Crippen LogP contribution in [0.5, 0.6) is 0 Å². The number of carbonyl (C=O) groups excluding carboxylic acids is 1. The Morgan fingerprint density at radius 3 is 2.53 bits per heavy atom. The Hall–Kier alpha value is -1.00. The Kier molecular flexibility index (Phi) is 5.51. The monoisotopic (exact) mass is 259 g/mol. The Morgan fingerprint density at radius 2 is 2.00 bits per heavy atom. The number of rotatable bonds is 6. The molecule has 5 heteroatoms. The van der Waals surface area contributed by atoms with Gasteiger partial charge in [-0.05, 0) is 20.8 Å². The fraction of sp³-hybridized carbons (Fsp3) is 0.583. The van der Waals surface area contributed by atoms with Crippen molar-refractivity contribution in [3.8, 4) is 0 Å². The SMILES string of the molecule is Cc1oc(C)c(C(=O)NCCOCCCl)c1C. The largest absolute Gasteiger partial charge is 0.466 e. The van der Waals surface area contributed by atoms with Crippen LogP contribution in [0.15, 0.2) is 4.42 Å². The fourth-order valence-corrected chi connectivity index (χ4v) is 1.72. The minimum atomic E-state index is -0.119. The Balaban J connectivity index is 2.47. The van der Waals surface area contributed by atoms with Crippen molar-refractivity contribution in [2.24, 2.45) is 0 Å². The lowest BCUT2D eigenvalue weighted by Gasteiger charge is -2.05. The van der Waals surface area contributed by atoms with Crippen molar-refractivity contribution in [3.63, 3.8) is 0 Å². The number of furan rings is 1. The fourth-order valence-electron chi connectivity index (χ4n) is 1.61. The summed E-state index contributed by atoms with van der Waals surface area (Å²) < 4.78 is 10.6. The molecule has 0 saturated carbocycles. The van der Waals surface area contributed by atoms with Crippen molar-refractivity contribution in [2.45, 2.75) is 20.8 Å². The van der Waals surface area contributed by atoms with E-state index in [1.54, 1.807) is 6.92 Å². The molecule has 1 heterocycles. The normalized spacial score (nSPS) is 10.6. The van der Waals surface area contributed by atoms with E-state index in [4.69, 9.17) is 20.8 Å². The molecule has 0 aliphatic heterocycles. The molecule has 1 aromatic rings. The summed E-state index contributed by atoms with van der Waals surface area (Å²) in [4.78, 5) is 11.9. The van der Waals surface area contributed by atoms with Gasteiger partial charge in [0.2, 0.25) is 0 Å². The molecule has 0 unspecified atom stereocenters. The van der Waals surface area contributed by atoms with Crippen LogP contribution in [0.1, 0.15) is 27.4 Å². The number of aryl methyl sites for hydroxylation is 2. The van der Waals surface area contributed by atoms with Crippen LogP contribution < -0.4 is 5.32 Å². The van der Waals surface area contributed by atoms with Gasteiger partial charge in [0, 0.05) is 18.0 Å². The summed E-state index contributed by atoms with van der Waals surface area (Å²) in [6, 6.07) is 0. The number of hydrogen-bond acceptors (Lipinski definition) is 3. The summed E-state index contributed by atoms with van der Waals surface area (Å²) in [5.74, 6) is 1.78. The van der Waals surface area contributed by atoms with Crippen LogP contribution in [0.25, 0.3) is 0 Å². The van der Waals surface area contributed by atoms with Gasteiger partial charge in [-0.1, -0.05) is 0 Å². The van der Waals surface area contributed by atoms with Crippen molar-refractivity contribution in [3.05, 3.63) is 22.6 Å². The first-order valence-corrected chi connectivity index (χ1v) is 6.10. The van der Waals surface area contributed by atoms with Gasteiger partial charge in [-0.25, -0.2) is 0 Å². The lowest BCUT2D eigenvalue weighted by atomic mass is 10.1. The van der Waals surface area contributed by atoms with Gasteiger partial charge >= 0.3 is 0 Å². The zero-order valence-corrected chi connectivity index (χ0v) is 11.2. The highest BCUT2D eigenvalue weighted by Crippen LogP contribution is 2.20. The molecule has 0 radical (unpaired) electrons. The van der Waals surface area contributed by atoms with Gasteiger partial charge in [0.15, 0.2) is 0 Å². The van der Waals surface area contributed by atoms with Crippen LogP contribution in [-0.4, -0.2) is 31.5 Å². The summed E-state index contributed by atoms with van der Waals surface area (Å²) in [6.07, 6.45) is 0. The molecule has 0 aliphatic rings. The first-order chi connectivity index (χ1) is 8.07. The second kappa shape index (κ2) is 6.67.